The van der Waals surface area contributed by atoms with E-state index in [0.29, 0.717) is 17.7 Å². The van der Waals surface area contributed by atoms with Crippen LogP contribution in [0.1, 0.15) is 20.8 Å². The Morgan fingerprint density at radius 2 is 1.33 bits per heavy atom. The van der Waals surface area contributed by atoms with Crippen molar-refractivity contribution in [1.82, 2.24) is 10.6 Å². The topological polar surface area (TPSA) is 58.2 Å². The third kappa shape index (κ3) is 5.22. The Kier molecular flexibility index (Phi) is 7.69. The molecule has 24 heavy (non-hydrogen) atoms. The van der Waals surface area contributed by atoms with E-state index in [1.54, 1.807) is 24.3 Å². The van der Waals surface area contributed by atoms with Gasteiger partial charge < -0.3 is 10.6 Å². The van der Waals surface area contributed by atoms with Crippen molar-refractivity contribution in [2.45, 2.75) is 26.8 Å². The smallest absolute Gasteiger partial charge is 0.187 e. The van der Waals surface area contributed by atoms with E-state index < -0.39 is 0 Å². The molecule has 0 aliphatic heterocycles. The van der Waals surface area contributed by atoms with Crippen molar-refractivity contribution in [3.05, 3.63) is 71.1 Å². The number of hydrogen-bond donors (Lipinski definition) is 2. The van der Waals surface area contributed by atoms with Crippen LogP contribution in [-0.4, -0.2) is 24.2 Å². The summed E-state index contributed by atoms with van der Waals surface area (Å²) in [4.78, 5) is 23.6. The first-order valence-corrected chi connectivity index (χ1v) is 7.69. The molecule has 0 saturated heterocycles. The van der Waals surface area contributed by atoms with E-state index in [1.807, 2.05) is 45.1 Å². The summed E-state index contributed by atoms with van der Waals surface area (Å²) < 4.78 is 0. The van der Waals surface area contributed by atoms with Gasteiger partial charge in [-0.3, -0.25) is 9.59 Å². The molecule has 0 amide bonds. The van der Waals surface area contributed by atoms with Crippen molar-refractivity contribution in [2.75, 3.05) is 6.54 Å². The summed E-state index contributed by atoms with van der Waals surface area (Å²) in [5.74, 6) is 0.0295. The summed E-state index contributed by atoms with van der Waals surface area (Å²) in [6.07, 6.45) is 13.9. The Balaban J connectivity index is 0.00000288. The molecule has 0 saturated carbocycles. The molecule has 5 heteroatoms. The molecule has 2 N–H and O–H groups in total. The van der Waals surface area contributed by atoms with Crippen LogP contribution in [0.4, 0.5) is 0 Å². The van der Waals surface area contributed by atoms with Gasteiger partial charge in [-0.25, -0.2) is 0 Å². The van der Waals surface area contributed by atoms with E-state index in [2.05, 4.69) is 10.6 Å². The quantitative estimate of drug-likeness (QED) is 0.571. The summed E-state index contributed by atoms with van der Waals surface area (Å²) in [6, 6.07) is 0.114. The molecule has 2 rings (SSSR count). The first-order chi connectivity index (χ1) is 11.0. The van der Waals surface area contributed by atoms with Gasteiger partial charge in [-0.2, -0.15) is 0 Å². The maximum absolute atomic E-state index is 11.8. The number of allylic oxidation sites excluding steroid dienone is 12. The van der Waals surface area contributed by atoms with Crippen LogP contribution in [0, 0.1) is 0 Å². The van der Waals surface area contributed by atoms with E-state index >= 15 is 0 Å². The Labute approximate surface area is 153 Å². The summed E-state index contributed by atoms with van der Waals surface area (Å²) in [7, 11) is 0. The molecule has 1 radical (unpaired) electrons. The van der Waals surface area contributed by atoms with Crippen molar-refractivity contribution >= 4 is 11.6 Å². The van der Waals surface area contributed by atoms with Crippen LogP contribution in [-0.2, 0) is 26.7 Å². The second-order valence-electron chi connectivity index (χ2n) is 5.67. The standard InChI is InChI=1S/C19H22N2O2.Cu/c1-13(21-15(3)17-9-5-7-11-19(17)23)12-20-14(2)16-8-4-6-10-18(16)22;/h4-11,13,20-21H,12H2,1-3H3;/b16-14-,17-15-;/i;1+3. The van der Waals surface area contributed by atoms with Crippen LogP contribution in [0.2, 0.25) is 0 Å². The normalized spacial score (nSPS) is 21.3. The SMILES string of the molecule is C/C(NCC(C)N/C(C)=C1/C=CC=CC1=O)=C1\C=CC=CC1=O.[67Cu]. The number of hydrogen-bond acceptors (Lipinski definition) is 4. The van der Waals surface area contributed by atoms with Crippen molar-refractivity contribution in [3.63, 3.8) is 0 Å². The molecule has 0 aromatic rings. The van der Waals surface area contributed by atoms with Gasteiger partial charge in [0.2, 0.25) is 0 Å². The zero-order valence-electron chi connectivity index (χ0n) is 14.0. The van der Waals surface area contributed by atoms with Crippen LogP contribution in [0.25, 0.3) is 0 Å². The van der Waals surface area contributed by atoms with Gasteiger partial charge in [-0.1, -0.05) is 24.3 Å². The summed E-state index contributed by atoms with van der Waals surface area (Å²) in [6.45, 7) is 6.47. The van der Waals surface area contributed by atoms with E-state index in [0.717, 1.165) is 11.4 Å². The summed E-state index contributed by atoms with van der Waals surface area (Å²) >= 11 is 0. The van der Waals surface area contributed by atoms with Gasteiger partial charge in [-0.15, -0.1) is 0 Å². The van der Waals surface area contributed by atoms with Gasteiger partial charge in [0.15, 0.2) is 11.6 Å². The second-order valence-corrected chi connectivity index (χ2v) is 5.67. The van der Waals surface area contributed by atoms with Crippen molar-refractivity contribution in [3.8, 4) is 0 Å². The molecule has 2 aliphatic rings. The first-order valence-electron chi connectivity index (χ1n) is 7.69. The van der Waals surface area contributed by atoms with Crippen molar-refractivity contribution < 1.29 is 26.7 Å². The molecule has 0 bridgehead atoms. The minimum Gasteiger partial charge on any atom is -0.386 e. The van der Waals surface area contributed by atoms with Crippen molar-refractivity contribution in [1.29, 1.82) is 0 Å². The molecule has 1 atom stereocenters. The third-order valence-corrected chi connectivity index (χ3v) is 3.72. The zero-order valence-corrected chi connectivity index (χ0v) is 15.0. The van der Waals surface area contributed by atoms with Crippen LogP contribution in [0.3, 0.4) is 0 Å². The molecular weight excluding hydrogens is 355 g/mol. The average molecular weight is 377 g/mol. The number of rotatable bonds is 5. The summed E-state index contributed by atoms with van der Waals surface area (Å²) in [5.41, 5.74) is 3.08. The monoisotopic (exact) mass is 377 g/mol. The van der Waals surface area contributed by atoms with E-state index in [-0.39, 0.29) is 34.7 Å². The molecule has 0 spiro atoms. The van der Waals surface area contributed by atoms with Crippen LogP contribution < -0.4 is 10.6 Å². The molecule has 0 aromatic heterocycles. The van der Waals surface area contributed by atoms with E-state index in [9.17, 15) is 9.59 Å². The average Bonchev–Trinajstić information content (AvgIpc) is 2.53. The summed E-state index contributed by atoms with van der Waals surface area (Å²) in [5, 5.41) is 6.59. The molecule has 4 nitrogen and oxygen atoms in total. The molecule has 0 aromatic carbocycles. The Hall–Kier alpha value is -2.10. The predicted molar refractivity (Wildman–Crippen MR) is 92.6 cm³/mol. The van der Waals surface area contributed by atoms with Crippen LogP contribution >= 0.6 is 0 Å². The minimum absolute atomic E-state index is 0. The van der Waals surface area contributed by atoms with Gasteiger partial charge in [0.05, 0.1) is 0 Å². The van der Waals surface area contributed by atoms with Gasteiger partial charge in [-0.05, 0) is 45.1 Å². The molecule has 1 unspecified atom stereocenters. The van der Waals surface area contributed by atoms with Gasteiger partial charge in [0.1, 0.15) is 0 Å². The number of nitrogens with one attached hydrogen (secondary N) is 2. The van der Waals surface area contributed by atoms with Gasteiger partial charge >= 0.3 is 0 Å². The second kappa shape index (κ2) is 9.26. The maximum atomic E-state index is 11.8. The molecule has 0 heterocycles. The molecule has 131 valence electrons. The van der Waals surface area contributed by atoms with Gasteiger partial charge in [0.25, 0.3) is 0 Å². The van der Waals surface area contributed by atoms with E-state index in [4.69, 9.17) is 0 Å². The molecule has 0 fully saturated rings. The van der Waals surface area contributed by atoms with E-state index in [1.165, 1.54) is 0 Å². The van der Waals surface area contributed by atoms with Crippen molar-refractivity contribution in [2.24, 2.45) is 0 Å². The largest absolute Gasteiger partial charge is 0.386 e. The fraction of sp³-hybridized carbons (Fsp3) is 0.263. The molecular formula is C19H22CuN2O2. The fourth-order valence-electron chi connectivity index (χ4n) is 2.45. The third-order valence-electron chi connectivity index (χ3n) is 3.72. The maximum Gasteiger partial charge on any atom is 0.187 e. The Bertz CT molecular complexity index is 694. The van der Waals surface area contributed by atoms with Crippen LogP contribution in [0.5, 0.6) is 0 Å². The number of carbonyl (C=O) groups is 2. The minimum atomic E-state index is 0. The predicted octanol–water partition coefficient (Wildman–Crippen LogP) is 2.49. The Morgan fingerprint density at radius 1 is 0.875 bits per heavy atom. The molecule has 2 aliphatic carbocycles. The van der Waals surface area contributed by atoms with Crippen LogP contribution in [0.15, 0.2) is 71.1 Å². The Morgan fingerprint density at radius 3 is 1.83 bits per heavy atom. The number of carbonyl (C=O) groups excluding carboxylic acids is 2. The number of ketones is 2. The fourth-order valence-corrected chi connectivity index (χ4v) is 2.45. The first kappa shape index (κ1) is 19.9. The zero-order chi connectivity index (χ0) is 16.8. The van der Waals surface area contributed by atoms with Gasteiger partial charge in [0, 0.05) is 52.2 Å².